The lowest BCUT2D eigenvalue weighted by Crippen LogP contribution is -2.31. The summed E-state index contributed by atoms with van der Waals surface area (Å²) in [5.74, 6) is 0.505. The van der Waals surface area contributed by atoms with E-state index in [-0.39, 0.29) is 0 Å². The predicted octanol–water partition coefficient (Wildman–Crippen LogP) is 2.55. The highest BCUT2D eigenvalue weighted by molar-refractivity contribution is 5.97. The van der Waals surface area contributed by atoms with Crippen LogP contribution < -0.4 is 10.6 Å². The summed E-state index contributed by atoms with van der Waals surface area (Å²) in [6, 6.07) is 14.3. The molecule has 0 saturated carbocycles. The van der Waals surface area contributed by atoms with Crippen LogP contribution >= 0.6 is 0 Å². The largest absolute Gasteiger partial charge is 0.351 e. The van der Waals surface area contributed by atoms with E-state index in [1.807, 2.05) is 59.1 Å². The minimum atomic E-state index is -0.561. The monoisotopic (exact) mass is 252 g/mol. The Labute approximate surface area is 109 Å². The Hall–Kier alpha value is -2.82. The number of nitrogens with two attached hydrogens (primary N) is 1. The number of para-hydroxylation sites is 1. The number of rotatable bonds is 2. The quantitative estimate of drug-likeness (QED) is 0.761. The number of primary amides is 1. The average molecular weight is 252 g/mol. The van der Waals surface area contributed by atoms with Crippen LogP contribution in [0.25, 0.3) is 5.65 Å². The van der Waals surface area contributed by atoms with Gasteiger partial charge < -0.3 is 10.1 Å². The van der Waals surface area contributed by atoms with E-state index in [2.05, 4.69) is 4.98 Å². The smallest absolute Gasteiger partial charge is 0.325 e. The van der Waals surface area contributed by atoms with Gasteiger partial charge in [0.1, 0.15) is 5.65 Å². The SMILES string of the molecule is NC(=O)N(c1ccccc1)c1cn2ccccc2n1. The number of hydrogen-bond acceptors (Lipinski definition) is 2. The maximum atomic E-state index is 11.7. The van der Waals surface area contributed by atoms with Gasteiger partial charge in [0.2, 0.25) is 0 Å². The summed E-state index contributed by atoms with van der Waals surface area (Å²) in [6.07, 6.45) is 3.64. The molecular formula is C14H12N4O. The Morgan fingerprint density at radius 3 is 2.53 bits per heavy atom. The molecule has 1 aromatic carbocycles. The van der Waals surface area contributed by atoms with E-state index in [1.54, 1.807) is 6.20 Å². The van der Waals surface area contributed by atoms with Crippen molar-refractivity contribution in [1.82, 2.24) is 9.38 Å². The highest BCUT2D eigenvalue weighted by atomic mass is 16.2. The molecule has 2 aromatic heterocycles. The van der Waals surface area contributed by atoms with Crippen molar-refractivity contribution >= 4 is 23.2 Å². The molecule has 0 bridgehead atoms. The van der Waals surface area contributed by atoms with Crippen LogP contribution in [0.3, 0.4) is 0 Å². The first-order valence-corrected chi connectivity index (χ1v) is 5.84. The second-order valence-corrected chi connectivity index (χ2v) is 4.07. The molecule has 0 radical (unpaired) electrons. The lowest BCUT2D eigenvalue weighted by atomic mass is 10.3. The number of nitrogens with zero attached hydrogens (tertiary/aromatic N) is 3. The van der Waals surface area contributed by atoms with Gasteiger partial charge in [-0.3, -0.25) is 0 Å². The van der Waals surface area contributed by atoms with Gasteiger partial charge in [-0.05, 0) is 24.3 Å². The van der Waals surface area contributed by atoms with Crippen molar-refractivity contribution in [2.75, 3.05) is 4.90 Å². The highest BCUT2D eigenvalue weighted by Crippen LogP contribution is 2.24. The summed E-state index contributed by atoms with van der Waals surface area (Å²) < 4.78 is 1.84. The number of amides is 2. The van der Waals surface area contributed by atoms with E-state index in [1.165, 1.54) is 4.90 Å². The second kappa shape index (κ2) is 4.45. The molecule has 0 atom stereocenters. The standard InChI is InChI=1S/C14H12N4O/c15-14(19)18(11-6-2-1-3-7-11)13-10-17-9-5-4-8-12(17)16-13/h1-10H,(H2,15,19). The highest BCUT2D eigenvalue weighted by Gasteiger charge is 2.17. The topological polar surface area (TPSA) is 63.6 Å². The zero-order valence-corrected chi connectivity index (χ0v) is 10.1. The molecule has 0 aliphatic heterocycles. The fraction of sp³-hybridized carbons (Fsp3) is 0. The van der Waals surface area contributed by atoms with Crippen molar-refractivity contribution in [1.29, 1.82) is 0 Å². The number of benzene rings is 1. The number of urea groups is 1. The Balaban J connectivity index is 2.12. The molecule has 0 aliphatic carbocycles. The van der Waals surface area contributed by atoms with Crippen molar-refractivity contribution < 1.29 is 4.79 Å². The number of hydrogen-bond donors (Lipinski definition) is 1. The summed E-state index contributed by atoms with van der Waals surface area (Å²) >= 11 is 0. The van der Waals surface area contributed by atoms with Gasteiger partial charge in [-0.1, -0.05) is 24.3 Å². The van der Waals surface area contributed by atoms with Crippen molar-refractivity contribution in [2.24, 2.45) is 5.73 Å². The molecule has 0 spiro atoms. The molecule has 0 unspecified atom stereocenters. The van der Waals surface area contributed by atoms with Crippen LogP contribution in [0.2, 0.25) is 0 Å². The summed E-state index contributed by atoms with van der Waals surface area (Å²) in [4.78, 5) is 17.5. The minimum Gasteiger partial charge on any atom is -0.351 e. The molecule has 5 heteroatoms. The van der Waals surface area contributed by atoms with Crippen LogP contribution in [0.5, 0.6) is 0 Å². The number of pyridine rings is 1. The third-order valence-electron chi connectivity index (χ3n) is 2.82. The lowest BCUT2D eigenvalue weighted by molar-refractivity contribution is 0.256. The first-order chi connectivity index (χ1) is 9.25. The third kappa shape index (κ3) is 2.01. The Kier molecular flexibility index (Phi) is 2.64. The number of carbonyl (C=O) groups excluding carboxylic acids is 1. The Bertz CT molecular complexity index is 687. The molecule has 5 nitrogen and oxygen atoms in total. The molecular weight excluding hydrogens is 240 g/mol. The third-order valence-corrected chi connectivity index (χ3v) is 2.82. The minimum absolute atomic E-state index is 0.505. The number of fused-ring (bicyclic) bond motifs is 1. The average Bonchev–Trinajstić information content (AvgIpc) is 2.82. The summed E-state index contributed by atoms with van der Waals surface area (Å²) in [6.45, 7) is 0. The molecule has 2 heterocycles. The van der Waals surface area contributed by atoms with E-state index in [9.17, 15) is 4.79 Å². The molecule has 3 rings (SSSR count). The zero-order chi connectivity index (χ0) is 13.2. The summed E-state index contributed by atoms with van der Waals surface area (Å²) in [5.41, 5.74) is 6.92. The predicted molar refractivity (Wildman–Crippen MR) is 73.4 cm³/mol. The van der Waals surface area contributed by atoms with Crippen molar-refractivity contribution in [3.63, 3.8) is 0 Å². The molecule has 94 valence electrons. The first-order valence-electron chi connectivity index (χ1n) is 5.84. The van der Waals surface area contributed by atoms with Crippen molar-refractivity contribution in [2.45, 2.75) is 0 Å². The normalized spacial score (nSPS) is 10.5. The number of anilines is 2. The van der Waals surface area contributed by atoms with E-state index in [0.29, 0.717) is 11.5 Å². The molecule has 3 aromatic rings. The summed E-state index contributed by atoms with van der Waals surface area (Å²) in [7, 11) is 0. The molecule has 0 fully saturated rings. The van der Waals surface area contributed by atoms with Crippen molar-refractivity contribution in [3.8, 4) is 0 Å². The Morgan fingerprint density at radius 2 is 1.84 bits per heavy atom. The molecule has 2 N–H and O–H groups in total. The van der Waals surface area contributed by atoms with Crippen molar-refractivity contribution in [3.05, 3.63) is 60.9 Å². The van der Waals surface area contributed by atoms with Crippen LogP contribution in [0.4, 0.5) is 16.3 Å². The van der Waals surface area contributed by atoms with Crippen LogP contribution in [0.15, 0.2) is 60.9 Å². The molecule has 0 saturated heterocycles. The van der Waals surface area contributed by atoms with Crippen LogP contribution in [-0.2, 0) is 0 Å². The van der Waals surface area contributed by atoms with Crippen LogP contribution in [0, 0.1) is 0 Å². The van der Waals surface area contributed by atoms with E-state index in [0.717, 1.165) is 5.65 Å². The maximum absolute atomic E-state index is 11.7. The fourth-order valence-corrected chi connectivity index (χ4v) is 1.98. The van der Waals surface area contributed by atoms with E-state index >= 15 is 0 Å². The number of imidazole rings is 1. The lowest BCUT2D eigenvalue weighted by Gasteiger charge is -2.17. The number of aromatic nitrogens is 2. The molecule has 2 amide bonds. The maximum Gasteiger partial charge on any atom is 0.325 e. The van der Waals surface area contributed by atoms with E-state index in [4.69, 9.17) is 5.73 Å². The van der Waals surface area contributed by atoms with Crippen LogP contribution in [0.1, 0.15) is 0 Å². The van der Waals surface area contributed by atoms with Gasteiger partial charge in [0.05, 0.1) is 11.9 Å². The van der Waals surface area contributed by atoms with Gasteiger partial charge in [0.25, 0.3) is 0 Å². The van der Waals surface area contributed by atoms with Gasteiger partial charge >= 0.3 is 6.03 Å². The van der Waals surface area contributed by atoms with Gasteiger partial charge in [-0.15, -0.1) is 0 Å². The number of carbonyl (C=O) groups is 1. The van der Waals surface area contributed by atoms with Gasteiger partial charge in [0.15, 0.2) is 5.82 Å². The second-order valence-electron chi connectivity index (χ2n) is 4.07. The van der Waals surface area contributed by atoms with Gasteiger partial charge in [0, 0.05) is 6.20 Å². The zero-order valence-electron chi connectivity index (χ0n) is 10.1. The van der Waals surface area contributed by atoms with E-state index < -0.39 is 6.03 Å². The van der Waals surface area contributed by atoms with Gasteiger partial charge in [-0.25, -0.2) is 14.7 Å². The molecule has 19 heavy (non-hydrogen) atoms. The fourth-order valence-electron chi connectivity index (χ4n) is 1.98. The Morgan fingerprint density at radius 1 is 1.11 bits per heavy atom. The van der Waals surface area contributed by atoms with Gasteiger partial charge in [-0.2, -0.15) is 0 Å². The summed E-state index contributed by atoms with van der Waals surface area (Å²) in [5, 5.41) is 0. The van der Waals surface area contributed by atoms with Crippen LogP contribution in [-0.4, -0.2) is 15.4 Å². The molecule has 0 aliphatic rings. The first kappa shape index (κ1) is 11.3.